The standard InChI is InChI=1S/C28H25F2N3O3/c29-21-7-5-20(6-8-21)19-3-1-17(2-4-19)14-33-16-23(28(35)36)27(34)22-11-24(30)26(12-25(22)33)32-10-9-18(13-31)15-32/h1-8,11-12,16,18H,9-10,13-15,31H2,(H,35,36)/t18-/m0/s1. The zero-order valence-corrected chi connectivity index (χ0v) is 19.5. The minimum absolute atomic E-state index is 0.0219. The van der Waals surface area contributed by atoms with Gasteiger partial charge in [-0.1, -0.05) is 36.4 Å². The monoisotopic (exact) mass is 489 g/mol. The van der Waals surface area contributed by atoms with Crippen LogP contribution >= 0.6 is 0 Å². The number of carboxylic acids is 1. The third-order valence-electron chi connectivity index (χ3n) is 6.82. The van der Waals surface area contributed by atoms with Gasteiger partial charge < -0.3 is 20.3 Å². The Balaban J connectivity index is 1.56. The first-order chi connectivity index (χ1) is 17.3. The number of anilines is 1. The Hall–Kier alpha value is -4.04. The Morgan fingerprint density at radius 2 is 1.69 bits per heavy atom. The summed E-state index contributed by atoms with van der Waals surface area (Å²) in [6.07, 6.45) is 2.17. The maximum atomic E-state index is 15.1. The Morgan fingerprint density at radius 3 is 2.31 bits per heavy atom. The van der Waals surface area contributed by atoms with Crippen LogP contribution in [0.25, 0.3) is 22.0 Å². The molecule has 0 aliphatic carbocycles. The number of carbonyl (C=O) groups is 1. The van der Waals surface area contributed by atoms with E-state index in [4.69, 9.17) is 5.73 Å². The molecule has 1 fully saturated rings. The number of hydrogen-bond acceptors (Lipinski definition) is 4. The van der Waals surface area contributed by atoms with E-state index in [1.807, 2.05) is 29.2 Å². The highest BCUT2D eigenvalue weighted by molar-refractivity contribution is 5.93. The van der Waals surface area contributed by atoms with Crippen LogP contribution in [0.3, 0.4) is 0 Å². The number of aromatic nitrogens is 1. The van der Waals surface area contributed by atoms with Crippen molar-refractivity contribution in [3.05, 3.63) is 99.8 Å². The van der Waals surface area contributed by atoms with Crippen molar-refractivity contribution in [2.24, 2.45) is 11.7 Å². The minimum atomic E-state index is -1.36. The Kier molecular flexibility index (Phi) is 6.28. The Morgan fingerprint density at radius 1 is 1.03 bits per heavy atom. The molecule has 184 valence electrons. The smallest absolute Gasteiger partial charge is 0.341 e. The summed E-state index contributed by atoms with van der Waals surface area (Å²) in [4.78, 5) is 26.6. The lowest BCUT2D eigenvalue weighted by atomic mass is 10.0. The average molecular weight is 490 g/mol. The molecule has 0 spiro atoms. The van der Waals surface area contributed by atoms with Gasteiger partial charge in [-0.2, -0.15) is 0 Å². The molecule has 0 bridgehead atoms. The summed E-state index contributed by atoms with van der Waals surface area (Å²) < 4.78 is 30.0. The highest BCUT2D eigenvalue weighted by Crippen LogP contribution is 2.30. The van der Waals surface area contributed by atoms with Crippen LogP contribution in [0, 0.1) is 17.6 Å². The highest BCUT2D eigenvalue weighted by atomic mass is 19.1. The Bertz CT molecular complexity index is 1500. The van der Waals surface area contributed by atoms with Crippen molar-refractivity contribution in [1.29, 1.82) is 0 Å². The van der Waals surface area contributed by atoms with Crippen molar-refractivity contribution in [1.82, 2.24) is 4.57 Å². The summed E-state index contributed by atoms with van der Waals surface area (Å²) in [5.41, 5.74) is 8.13. The van der Waals surface area contributed by atoms with Crippen molar-refractivity contribution in [2.45, 2.75) is 13.0 Å². The summed E-state index contributed by atoms with van der Waals surface area (Å²) in [7, 11) is 0. The van der Waals surface area contributed by atoms with Crippen LogP contribution in [0.5, 0.6) is 0 Å². The lowest BCUT2D eigenvalue weighted by molar-refractivity contribution is 0.0695. The summed E-state index contributed by atoms with van der Waals surface area (Å²) in [6.45, 7) is 2.08. The second-order valence-corrected chi connectivity index (χ2v) is 9.17. The normalized spacial score (nSPS) is 15.5. The van der Waals surface area contributed by atoms with Crippen LogP contribution in [0.15, 0.2) is 71.7 Å². The number of hydrogen-bond donors (Lipinski definition) is 2. The van der Waals surface area contributed by atoms with Gasteiger partial charge in [0.25, 0.3) is 0 Å². The number of rotatable bonds is 6. The fourth-order valence-electron chi connectivity index (χ4n) is 4.81. The molecule has 8 heteroatoms. The van der Waals surface area contributed by atoms with Gasteiger partial charge in [0.2, 0.25) is 5.43 Å². The first-order valence-corrected chi connectivity index (χ1v) is 11.7. The number of fused-ring (bicyclic) bond motifs is 1. The summed E-state index contributed by atoms with van der Waals surface area (Å²) >= 11 is 0. The van der Waals surface area contributed by atoms with Crippen LogP contribution in [0.4, 0.5) is 14.5 Å². The Labute approximate surface area is 206 Å². The number of nitrogens with zero attached hydrogens (tertiary/aromatic N) is 2. The molecule has 1 atom stereocenters. The zero-order valence-electron chi connectivity index (χ0n) is 19.5. The minimum Gasteiger partial charge on any atom is -0.477 e. The van der Waals surface area contributed by atoms with Gasteiger partial charge in [-0.25, -0.2) is 13.6 Å². The average Bonchev–Trinajstić information content (AvgIpc) is 3.35. The van der Waals surface area contributed by atoms with Gasteiger partial charge in [0, 0.05) is 31.2 Å². The van der Waals surface area contributed by atoms with Crippen LogP contribution < -0.4 is 16.1 Å². The molecule has 1 aliphatic heterocycles. The lowest BCUT2D eigenvalue weighted by Gasteiger charge is -2.21. The van der Waals surface area contributed by atoms with Crippen LogP contribution in [-0.2, 0) is 6.54 Å². The van der Waals surface area contributed by atoms with E-state index < -0.39 is 22.8 Å². The predicted octanol–water partition coefficient (Wildman–Crippen LogP) is 4.48. The molecule has 0 radical (unpaired) electrons. The molecule has 4 aromatic rings. The van der Waals surface area contributed by atoms with E-state index in [1.165, 1.54) is 18.3 Å². The second-order valence-electron chi connectivity index (χ2n) is 9.17. The van der Waals surface area contributed by atoms with Gasteiger partial charge in [-0.05, 0) is 59.8 Å². The van der Waals surface area contributed by atoms with Gasteiger partial charge in [-0.3, -0.25) is 4.79 Å². The summed E-state index contributed by atoms with van der Waals surface area (Å²) in [5.74, 6) is -1.96. The second kappa shape index (κ2) is 9.54. The summed E-state index contributed by atoms with van der Waals surface area (Å²) in [6, 6.07) is 16.5. The first kappa shape index (κ1) is 23.7. The number of pyridine rings is 1. The van der Waals surface area contributed by atoms with E-state index >= 15 is 4.39 Å². The van der Waals surface area contributed by atoms with Gasteiger partial charge >= 0.3 is 5.97 Å². The molecule has 3 N–H and O–H groups in total. The molecule has 0 saturated carbocycles. The fraction of sp³-hybridized carbons (Fsp3) is 0.214. The van der Waals surface area contributed by atoms with Crippen LogP contribution in [0.2, 0.25) is 0 Å². The van der Waals surface area contributed by atoms with Crippen molar-refractivity contribution in [3.63, 3.8) is 0 Å². The van der Waals surface area contributed by atoms with Gasteiger partial charge in [0.1, 0.15) is 17.2 Å². The van der Waals surface area contributed by atoms with E-state index in [0.29, 0.717) is 30.8 Å². The van der Waals surface area contributed by atoms with E-state index in [0.717, 1.165) is 29.2 Å². The fourth-order valence-corrected chi connectivity index (χ4v) is 4.81. The number of halogens is 2. The van der Waals surface area contributed by atoms with E-state index in [2.05, 4.69) is 0 Å². The maximum Gasteiger partial charge on any atom is 0.341 e. The molecular weight excluding hydrogens is 464 g/mol. The predicted molar refractivity (Wildman–Crippen MR) is 135 cm³/mol. The number of carboxylic acid groups (broad SMARTS) is 1. The van der Waals surface area contributed by atoms with E-state index in [1.54, 1.807) is 22.8 Å². The van der Waals surface area contributed by atoms with Crippen molar-refractivity contribution < 1.29 is 18.7 Å². The summed E-state index contributed by atoms with van der Waals surface area (Å²) in [5, 5.41) is 9.62. The zero-order chi connectivity index (χ0) is 25.4. The molecule has 6 nitrogen and oxygen atoms in total. The van der Waals surface area contributed by atoms with Crippen molar-refractivity contribution in [2.75, 3.05) is 24.5 Å². The largest absolute Gasteiger partial charge is 0.477 e. The molecule has 1 saturated heterocycles. The molecule has 36 heavy (non-hydrogen) atoms. The SMILES string of the molecule is NC[C@@H]1CCN(c2cc3c(cc2F)c(=O)c(C(=O)O)cn3Cc2ccc(-c3ccc(F)cc3)cc2)C1. The molecule has 1 aliphatic rings. The quantitative estimate of drug-likeness (QED) is 0.417. The molecular formula is C28H25F2N3O3. The van der Waals surface area contributed by atoms with Crippen LogP contribution in [0.1, 0.15) is 22.3 Å². The highest BCUT2D eigenvalue weighted by Gasteiger charge is 2.25. The number of aromatic carboxylic acids is 1. The molecule has 1 aromatic heterocycles. The molecule has 3 aromatic carbocycles. The van der Waals surface area contributed by atoms with E-state index in [-0.39, 0.29) is 23.7 Å². The van der Waals surface area contributed by atoms with Crippen molar-refractivity contribution >= 4 is 22.6 Å². The third-order valence-corrected chi connectivity index (χ3v) is 6.82. The topological polar surface area (TPSA) is 88.6 Å². The molecule has 5 rings (SSSR count). The third kappa shape index (κ3) is 4.47. The number of benzene rings is 3. The lowest BCUT2D eigenvalue weighted by Crippen LogP contribution is -2.24. The van der Waals surface area contributed by atoms with E-state index in [9.17, 15) is 19.1 Å². The molecule has 2 heterocycles. The van der Waals surface area contributed by atoms with Crippen LogP contribution in [-0.4, -0.2) is 35.3 Å². The molecule has 0 unspecified atom stereocenters. The van der Waals surface area contributed by atoms with Gasteiger partial charge in [0.05, 0.1) is 11.2 Å². The first-order valence-electron chi connectivity index (χ1n) is 11.7. The molecule has 0 amide bonds. The van der Waals surface area contributed by atoms with Gasteiger partial charge in [0.15, 0.2) is 0 Å². The number of nitrogens with two attached hydrogens (primary N) is 1. The van der Waals surface area contributed by atoms with Gasteiger partial charge in [-0.15, -0.1) is 0 Å². The maximum absolute atomic E-state index is 15.1. The van der Waals surface area contributed by atoms with Crippen molar-refractivity contribution in [3.8, 4) is 11.1 Å².